The van der Waals surface area contributed by atoms with Crippen LogP contribution in [0.15, 0.2) is 30.6 Å². The van der Waals surface area contributed by atoms with Gasteiger partial charge in [0.15, 0.2) is 5.82 Å². The Balaban J connectivity index is 2.48. The van der Waals surface area contributed by atoms with Crippen molar-refractivity contribution < 1.29 is 9.13 Å². The minimum absolute atomic E-state index is 0.305. The molecule has 0 saturated carbocycles. The molecule has 0 fully saturated rings. The van der Waals surface area contributed by atoms with Gasteiger partial charge in [0.2, 0.25) is 5.88 Å². The highest BCUT2D eigenvalue weighted by Gasteiger charge is 2.16. The molecule has 1 aromatic carbocycles. The highest BCUT2D eigenvalue weighted by Crippen LogP contribution is 2.32. The first-order valence-electron chi connectivity index (χ1n) is 5.85. The van der Waals surface area contributed by atoms with E-state index in [2.05, 4.69) is 9.97 Å². The number of nitrogens with zero attached hydrogens (tertiary/aromatic N) is 3. The molecule has 6 heteroatoms. The van der Waals surface area contributed by atoms with Crippen LogP contribution < -0.4 is 15.4 Å². The standard InChI is InChI=1S/C13H15FN4O/c1-3-18(10-6-4-5-9(14)7-10)12-11(15)13(19-2)17-8-16-12/h4-8H,3,15H2,1-2H3. The van der Waals surface area contributed by atoms with Crippen LogP contribution in [-0.2, 0) is 0 Å². The van der Waals surface area contributed by atoms with E-state index in [1.165, 1.54) is 25.6 Å². The molecule has 0 spiro atoms. The molecule has 1 heterocycles. The predicted octanol–water partition coefficient (Wildman–Crippen LogP) is 2.36. The lowest BCUT2D eigenvalue weighted by molar-refractivity contribution is 0.399. The third kappa shape index (κ3) is 2.57. The molecule has 0 amide bonds. The number of ether oxygens (including phenoxy) is 1. The Morgan fingerprint density at radius 1 is 1.37 bits per heavy atom. The summed E-state index contributed by atoms with van der Waals surface area (Å²) in [6, 6.07) is 6.25. The molecule has 19 heavy (non-hydrogen) atoms. The van der Waals surface area contributed by atoms with E-state index >= 15 is 0 Å². The van der Waals surface area contributed by atoms with Gasteiger partial charge < -0.3 is 15.4 Å². The predicted molar refractivity (Wildman–Crippen MR) is 72.1 cm³/mol. The summed E-state index contributed by atoms with van der Waals surface area (Å²) in [5.74, 6) is 0.496. The van der Waals surface area contributed by atoms with Gasteiger partial charge in [-0.05, 0) is 25.1 Å². The summed E-state index contributed by atoms with van der Waals surface area (Å²) < 4.78 is 18.4. The molecule has 0 radical (unpaired) electrons. The number of methoxy groups -OCH3 is 1. The van der Waals surface area contributed by atoms with Gasteiger partial charge in [-0.1, -0.05) is 6.07 Å². The first-order chi connectivity index (χ1) is 9.17. The minimum Gasteiger partial charge on any atom is -0.479 e. The van der Waals surface area contributed by atoms with Crippen molar-refractivity contribution >= 4 is 17.2 Å². The monoisotopic (exact) mass is 262 g/mol. The molecular weight excluding hydrogens is 247 g/mol. The van der Waals surface area contributed by atoms with Crippen LogP contribution in [0, 0.1) is 5.82 Å². The van der Waals surface area contributed by atoms with Gasteiger partial charge in [-0.25, -0.2) is 9.37 Å². The first-order valence-corrected chi connectivity index (χ1v) is 5.85. The Morgan fingerprint density at radius 3 is 2.79 bits per heavy atom. The molecule has 0 unspecified atom stereocenters. The van der Waals surface area contributed by atoms with Gasteiger partial charge >= 0.3 is 0 Å². The molecule has 100 valence electrons. The van der Waals surface area contributed by atoms with Gasteiger partial charge in [0, 0.05) is 12.2 Å². The van der Waals surface area contributed by atoms with Crippen molar-refractivity contribution in [2.75, 3.05) is 24.3 Å². The van der Waals surface area contributed by atoms with Crippen molar-refractivity contribution in [3.63, 3.8) is 0 Å². The topological polar surface area (TPSA) is 64.3 Å². The van der Waals surface area contributed by atoms with Gasteiger partial charge in [0.1, 0.15) is 17.8 Å². The first kappa shape index (κ1) is 13.1. The second kappa shape index (κ2) is 5.51. The van der Waals surface area contributed by atoms with Gasteiger partial charge in [-0.15, -0.1) is 0 Å². The van der Waals surface area contributed by atoms with E-state index in [9.17, 15) is 4.39 Å². The van der Waals surface area contributed by atoms with E-state index < -0.39 is 0 Å². The normalized spacial score (nSPS) is 10.3. The fourth-order valence-corrected chi connectivity index (χ4v) is 1.85. The highest BCUT2D eigenvalue weighted by molar-refractivity contribution is 5.74. The third-order valence-electron chi connectivity index (χ3n) is 2.71. The second-order valence-corrected chi connectivity index (χ2v) is 3.84. The van der Waals surface area contributed by atoms with E-state index in [-0.39, 0.29) is 5.82 Å². The molecule has 0 atom stereocenters. The van der Waals surface area contributed by atoms with Crippen LogP contribution in [0.3, 0.4) is 0 Å². The summed E-state index contributed by atoms with van der Waals surface area (Å²) in [7, 11) is 1.49. The van der Waals surface area contributed by atoms with Crippen LogP contribution in [0.5, 0.6) is 5.88 Å². The van der Waals surface area contributed by atoms with Crippen molar-refractivity contribution in [2.45, 2.75) is 6.92 Å². The maximum atomic E-state index is 13.3. The zero-order valence-corrected chi connectivity index (χ0v) is 10.8. The number of hydrogen-bond acceptors (Lipinski definition) is 5. The van der Waals surface area contributed by atoms with Crippen LogP contribution in [0.1, 0.15) is 6.92 Å². The number of halogens is 1. The highest BCUT2D eigenvalue weighted by atomic mass is 19.1. The number of hydrogen-bond donors (Lipinski definition) is 1. The molecule has 2 aromatic rings. The summed E-state index contributed by atoms with van der Waals surface area (Å²) >= 11 is 0. The number of nitrogen functional groups attached to an aromatic ring is 1. The molecule has 2 N–H and O–H groups in total. The third-order valence-corrected chi connectivity index (χ3v) is 2.71. The van der Waals surface area contributed by atoms with Crippen molar-refractivity contribution in [1.82, 2.24) is 9.97 Å². The number of aromatic nitrogens is 2. The number of benzene rings is 1. The van der Waals surface area contributed by atoms with E-state index in [0.717, 1.165) is 0 Å². The molecule has 2 rings (SSSR count). The summed E-state index contributed by atoms with van der Waals surface area (Å²) in [4.78, 5) is 9.87. The Bertz CT molecular complexity index is 576. The summed E-state index contributed by atoms with van der Waals surface area (Å²) in [5.41, 5.74) is 6.97. The lowest BCUT2D eigenvalue weighted by atomic mass is 10.2. The summed E-state index contributed by atoms with van der Waals surface area (Å²) in [5, 5.41) is 0. The molecule has 1 aromatic heterocycles. The van der Waals surface area contributed by atoms with Gasteiger partial charge in [0.05, 0.1) is 7.11 Å². The van der Waals surface area contributed by atoms with Crippen LogP contribution in [0.25, 0.3) is 0 Å². The lowest BCUT2D eigenvalue weighted by Crippen LogP contribution is -2.19. The van der Waals surface area contributed by atoms with Crippen molar-refractivity contribution in [3.05, 3.63) is 36.4 Å². The average Bonchev–Trinajstić information content (AvgIpc) is 2.41. The van der Waals surface area contributed by atoms with Crippen molar-refractivity contribution in [1.29, 1.82) is 0 Å². The van der Waals surface area contributed by atoms with Gasteiger partial charge in [-0.2, -0.15) is 4.98 Å². The average molecular weight is 262 g/mol. The van der Waals surface area contributed by atoms with Crippen LogP contribution >= 0.6 is 0 Å². The molecule has 0 saturated heterocycles. The molecule has 0 bridgehead atoms. The largest absolute Gasteiger partial charge is 0.479 e. The molecule has 5 nitrogen and oxygen atoms in total. The zero-order chi connectivity index (χ0) is 13.8. The maximum Gasteiger partial charge on any atom is 0.242 e. The van der Waals surface area contributed by atoms with Gasteiger partial charge in [-0.3, -0.25) is 0 Å². The zero-order valence-electron chi connectivity index (χ0n) is 10.8. The van der Waals surface area contributed by atoms with Crippen LogP contribution in [-0.4, -0.2) is 23.6 Å². The van der Waals surface area contributed by atoms with Crippen LogP contribution in [0.4, 0.5) is 21.6 Å². The lowest BCUT2D eigenvalue weighted by Gasteiger charge is -2.23. The Kier molecular flexibility index (Phi) is 3.79. The van der Waals surface area contributed by atoms with E-state index in [1.807, 2.05) is 6.92 Å². The van der Waals surface area contributed by atoms with E-state index in [4.69, 9.17) is 10.5 Å². The number of anilines is 3. The SMILES string of the molecule is CCN(c1cccc(F)c1)c1ncnc(OC)c1N. The van der Waals surface area contributed by atoms with Crippen LogP contribution in [0.2, 0.25) is 0 Å². The molecule has 0 aliphatic rings. The molecule has 0 aliphatic carbocycles. The van der Waals surface area contributed by atoms with E-state index in [0.29, 0.717) is 29.6 Å². The Morgan fingerprint density at radius 2 is 2.16 bits per heavy atom. The van der Waals surface area contributed by atoms with Crippen molar-refractivity contribution in [2.24, 2.45) is 0 Å². The summed E-state index contributed by atoms with van der Waals surface area (Å²) in [6.45, 7) is 2.52. The maximum absolute atomic E-state index is 13.3. The fourth-order valence-electron chi connectivity index (χ4n) is 1.85. The molecule has 0 aliphatic heterocycles. The van der Waals surface area contributed by atoms with Gasteiger partial charge in [0.25, 0.3) is 0 Å². The van der Waals surface area contributed by atoms with E-state index in [1.54, 1.807) is 17.0 Å². The second-order valence-electron chi connectivity index (χ2n) is 3.84. The smallest absolute Gasteiger partial charge is 0.242 e. The number of rotatable bonds is 4. The molecular formula is C13H15FN4O. The summed E-state index contributed by atoms with van der Waals surface area (Å²) in [6.07, 6.45) is 1.37. The number of nitrogens with two attached hydrogens (primary N) is 1. The minimum atomic E-state index is -0.310. The quantitative estimate of drug-likeness (QED) is 0.916. The fraction of sp³-hybridized carbons (Fsp3) is 0.231. The Labute approximate surface area is 110 Å². The van der Waals surface area contributed by atoms with Crippen molar-refractivity contribution in [3.8, 4) is 5.88 Å². The Hall–Kier alpha value is -2.37.